The van der Waals surface area contributed by atoms with E-state index in [0.717, 1.165) is 5.56 Å². The van der Waals surface area contributed by atoms with Crippen LogP contribution in [0.25, 0.3) is 0 Å². The van der Waals surface area contributed by atoms with Crippen LogP contribution < -0.4 is 10.1 Å². The molecule has 2 aromatic carbocycles. The van der Waals surface area contributed by atoms with E-state index in [9.17, 15) is 27.9 Å². The van der Waals surface area contributed by atoms with E-state index >= 15 is 0 Å². The highest BCUT2D eigenvalue weighted by atomic mass is 79.9. The second kappa shape index (κ2) is 13.4. The van der Waals surface area contributed by atoms with Crippen molar-refractivity contribution in [1.82, 2.24) is 14.5 Å². The quantitative estimate of drug-likeness (QED) is 0.391. The molecule has 1 atom stereocenters. The number of piperazine rings is 1. The molecule has 1 aliphatic rings. The number of aliphatic carboxylic acids is 1. The van der Waals surface area contributed by atoms with Crippen LogP contribution in [0.3, 0.4) is 0 Å². The van der Waals surface area contributed by atoms with Gasteiger partial charge in [-0.25, -0.2) is 18.0 Å². The van der Waals surface area contributed by atoms with Gasteiger partial charge in [-0.1, -0.05) is 30.3 Å². The second-order valence-corrected chi connectivity index (χ2v) is 12.0. The van der Waals surface area contributed by atoms with Gasteiger partial charge in [0.1, 0.15) is 18.4 Å². The molecule has 0 unspecified atom stereocenters. The molecule has 0 spiro atoms. The predicted molar refractivity (Wildman–Crippen MR) is 144 cm³/mol. The zero-order valence-corrected chi connectivity index (χ0v) is 24.4. The molecule has 14 heteroatoms. The number of alkyl carbamates (subject to hydrolysis) is 1. The van der Waals surface area contributed by atoms with Gasteiger partial charge in [0.2, 0.25) is 15.9 Å². The van der Waals surface area contributed by atoms with E-state index in [0.29, 0.717) is 14.7 Å². The molecular weight excluding hydrogens is 650 g/mol. The normalized spacial score (nSPS) is 15.0. The number of halogens is 2. The maximum atomic E-state index is 13.1. The third kappa shape index (κ3) is 7.68. The number of amides is 2. The lowest BCUT2D eigenvalue weighted by Crippen LogP contribution is -2.50. The molecule has 0 saturated carbocycles. The molecule has 1 aliphatic heterocycles. The summed E-state index contributed by atoms with van der Waals surface area (Å²) < 4.78 is 38.8. The minimum absolute atomic E-state index is 0.0183. The van der Waals surface area contributed by atoms with Crippen LogP contribution in [-0.2, 0) is 31.0 Å². The number of carbonyl (C=O) groups is 3. The fraction of sp³-hybridized carbons (Fsp3) is 0.375. The molecule has 11 nitrogen and oxygen atoms in total. The van der Waals surface area contributed by atoms with Gasteiger partial charge in [-0.15, -0.1) is 0 Å². The predicted octanol–water partition coefficient (Wildman–Crippen LogP) is 3.21. The zero-order valence-electron chi connectivity index (χ0n) is 20.4. The number of nitrogens with zero attached hydrogens (tertiary/aromatic N) is 2. The van der Waals surface area contributed by atoms with E-state index in [2.05, 4.69) is 37.2 Å². The monoisotopic (exact) mass is 675 g/mol. The van der Waals surface area contributed by atoms with Crippen molar-refractivity contribution >= 4 is 59.9 Å². The Labute approximate surface area is 237 Å². The molecule has 0 aromatic heterocycles. The third-order valence-electron chi connectivity index (χ3n) is 5.85. The van der Waals surface area contributed by atoms with Gasteiger partial charge in [-0.2, -0.15) is 4.31 Å². The summed E-state index contributed by atoms with van der Waals surface area (Å²) in [6.45, 7) is 0.459. The second-order valence-electron chi connectivity index (χ2n) is 8.34. The summed E-state index contributed by atoms with van der Waals surface area (Å²) in [4.78, 5) is 37.9. The fourth-order valence-electron chi connectivity index (χ4n) is 3.80. The van der Waals surface area contributed by atoms with Crippen LogP contribution in [0.1, 0.15) is 18.4 Å². The van der Waals surface area contributed by atoms with E-state index in [1.54, 1.807) is 24.3 Å². The molecular formula is C24H27Br2N3O8S. The van der Waals surface area contributed by atoms with Gasteiger partial charge in [0.05, 0.1) is 21.0 Å². The van der Waals surface area contributed by atoms with Crippen molar-refractivity contribution in [3.8, 4) is 5.75 Å². The Hall–Kier alpha value is -2.68. The van der Waals surface area contributed by atoms with Crippen LogP contribution in [0, 0.1) is 0 Å². The van der Waals surface area contributed by atoms with Crippen LogP contribution in [0.2, 0.25) is 0 Å². The van der Waals surface area contributed by atoms with Crippen LogP contribution in [-0.4, -0.2) is 80.0 Å². The highest BCUT2D eigenvalue weighted by Crippen LogP contribution is 2.36. The Kier molecular flexibility index (Phi) is 10.5. The number of ether oxygens (including phenoxy) is 2. The van der Waals surface area contributed by atoms with Crippen LogP contribution >= 0.6 is 31.9 Å². The van der Waals surface area contributed by atoms with Crippen molar-refractivity contribution in [2.24, 2.45) is 0 Å². The first-order valence-electron chi connectivity index (χ1n) is 11.5. The molecule has 206 valence electrons. The molecule has 2 amide bonds. The summed E-state index contributed by atoms with van der Waals surface area (Å²) in [5, 5.41) is 11.7. The highest BCUT2D eigenvalue weighted by Gasteiger charge is 2.32. The Morgan fingerprint density at radius 3 is 2.21 bits per heavy atom. The van der Waals surface area contributed by atoms with Crippen LogP contribution in [0.15, 0.2) is 56.3 Å². The number of carbonyl (C=O) groups excluding carboxylic acids is 2. The number of sulfonamides is 1. The van der Waals surface area contributed by atoms with E-state index in [1.165, 1.54) is 28.4 Å². The van der Waals surface area contributed by atoms with Crippen molar-refractivity contribution in [1.29, 1.82) is 0 Å². The molecule has 3 rings (SSSR count). The lowest BCUT2D eigenvalue weighted by molar-refractivity contribution is -0.140. The van der Waals surface area contributed by atoms with Crippen molar-refractivity contribution in [2.45, 2.75) is 30.4 Å². The summed E-state index contributed by atoms with van der Waals surface area (Å²) in [5.74, 6) is -1.15. The van der Waals surface area contributed by atoms with Crippen molar-refractivity contribution in [2.75, 3.05) is 33.3 Å². The first-order valence-corrected chi connectivity index (χ1v) is 14.6. The molecule has 0 bridgehead atoms. The molecule has 1 heterocycles. The van der Waals surface area contributed by atoms with Crippen molar-refractivity contribution < 1.29 is 37.4 Å². The fourth-order valence-corrected chi connectivity index (χ4v) is 7.09. The smallest absolute Gasteiger partial charge is 0.408 e. The van der Waals surface area contributed by atoms with Gasteiger partial charge >= 0.3 is 12.1 Å². The molecule has 2 aromatic rings. The summed E-state index contributed by atoms with van der Waals surface area (Å²) in [7, 11) is -2.34. The minimum atomic E-state index is -3.82. The lowest BCUT2D eigenvalue weighted by atomic mass is 10.1. The number of rotatable bonds is 10. The summed E-state index contributed by atoms with van der Waals surface area (Å²) in [6, 6.07) is 10.5. The number of carboxylic acid groups (broad SMARTS) is 1. The Morgan fingerprint density at radius 2 is 1.66 bits per heavy atom. The van der Waals surface area contributed by atoms with Crippen molar-refractivity contribution in [3.63, 3.8) is 0 Å². The summed E-state index contributed by atoms with van der Waals surface area (Å²) >= 11 is 6.62. The largest absolute Gasteiger partial charge is 0.494 e. The third-order valence-corrected chi connectivity index (χ3v) is 8.91. The van der Waals surface area contributed by atoms with E-state index in [4.69, 9.17) is 9.47 Å². The number of nitrogens with one attached hydrogen (secondary N) is 1. The molecule has 0 aliphatic carbocycles. The molecule has 38 heavy (non-hydrogen) atoms. The standard InChI is InChI=1S/C24H27Br2N3O8S/c1-36-22-18(25)13-17(14-19(22)26)38(34,35)29-11-9-28(10-12-29)21(30)8-7-20(23(31)32)27-24(33)37-15-16-5-3-2-4-6-16/h2-6,13-14,20H,7-12,15H2,1H3,(H,27,33)(H,31,32)/t20-/m0/s1. The minimum Gasteiger partial charge on any atom is -0.494 e. The van der Waals surface area contributed by atoms with E-state index in [1.807, 2.05) is 6.07 Å². The first kappa shape index (κ1) is 29.9. The van der Waals surface area contributed by atoms with Gasteiger partial charge in [0.15, 0.2) is 0 Å². The van der Waals surface area contributed by atoms with Gasteiger partial charge in [-0.05, 0) is 56.0 Å². The van der Waals surface area contributed by atoms with Crippen LogP contribution in [0.4, 0.5) is 4.79 Å². The SMILES string of the molecule is COc1c(Br)cc(S(=O)(=O)N2CCN(C(=O)CC[C@H](NC(=O)OCc3ccccc3)C(=O)O)CC2)cc1Br. The Bertz CT molecular complexity index is 1250. The molecule has 1 saturated heterocycles. The Morgan fingerprint density at radius 1 is 1.05 bits per heavy atom. The highest BCUT2D eigenvalue weighted by molar-refractivity contribution is 9.11. The Balaban J connectivity index is 1.50. The number of hydrogen-bond acceptors (Lipinski definition) is 7. The molecule has 1 fully saturated rings. The van der Waals surface area contributed by atoms with Gasteiger partial charge in [0.25, 0.3) is 0 Å². The maximum absolute atomic E-state index is 13.1. The number of carboxylic acids is 1. The van der Waals surface area contributed by atoms with Crippen molar-refractivity contribution in [3.05, 3.63) is 57.0 Å². The van der Waals surface area contributed by atoms with Gasteiger partial charge in [-0.3, -0.25) is 4.79 Å². The maximum Gasteiger partial charge on any atom is 0.408 e. The van der Waals surface area contributed by atoms with Gasteiger partial charge in [0, 0.05) is 32.6 Å². The van der Waals surface area contributed by atoms with E-state index in [-0.39, 0.29) is 56.4 Å². The summed E-state index contributed by atoms with van der Waals surface area (Å²) in [6.07, 6.45) is -1.17. The molecule has 2 N–H and O–H groups in total. The van der Waals surface area contributed by atoms with Gasteiger partial charge < -0.3 is 24.8 Å². The lowest BCUT2D eigenvalue weighted by Gasteiger charge is -2.34. The van der Waals surface area contributed by atoms with E-state index < -0.39 is 28.1 Å². The average Bonchev–Trinajstić information content (AvgIpc) is 2.90. The van der Waals surface area contributed by atoms with Crippen LogP contribution in [0.5, 0.6) is 5.75 Å². The average molecular weight is 677 g/mol. The molecule has 0 radical (unpaired) electrons. The number of methoxy groups -OCH3 is 1. The topological polar surface area (TPSA) is 143 Å². The zero-order chi connectivity index (χ0) is 27.9. The first-order chi connectivity index (χ1) is 18.0. The number of hydrogen-bond donors (Lipinski definition) is 2. The summed E-state index contributed by atoms with van der Waals surface area (Å²) in [5.41, 5.74) is 0.748. The number of benzene rings is 2.